The van der Waals surface area contributed by atoms with Gasteiger partial charge < -0.3 is 29.4 Å². The van der Waals surface area contributed by atoms with Crippen LogP contribution in [-0.2, 0) is 63.8 Å². The molecule has 1 atom stereocenters. The summed E-state index contributed by atoms with van der Waals surface area (Å²) in [6, 6.07) is 33.2. The second-order valence-corrected chi connectivity index (χ2v) is 29.8. The summed E-state index contributed by atoms with van der Waals surface area (Å²) in [4.78, 5) is 57.1. The lowest BCUT2D eigenvalue weighted by atomic mass is 9.90. The number of rotatable bonds is 23. The van der Waals surface area contributed by atoms with Gasteiger partial charge in [0, 0.05) is 118 Å². The van der Waals surface area contributed by atoms with Gasteiger partial charge in [-0.25, -0.2) is 22.0 Å². The van der Waals surface area contributed by atoms with Crippen LogP contribution in [-0.4, -0.2) is 113 Å². The maximum absolute atomic E-state index is 15.6. The minimum atomic E-state index is -4.46. The molecule has 0 unspecified atom stereocenters. The smallest absolute Gasteiger partial charge is 0.407 e. The molecule has 5 aliphatic rings. The van der Waals surface area contributed by atoms with Crippen molar-refractivity contribution < 1.29 is 76.2 Å². The van der Waals surface area contributed by atoms with Gasteiger partial charge >= 0.3 is 6.09 Å². The first kappa shape index (κ1) is 69.0. The van der Waals surface area contributed by atoms with E-state index in [9.17, 15) is 45.1 Å². The lowest BCUT2D eigenvalue weighted by Crippen LogP contribution is -2.43. The van der Waals surface area contributed by atoms with E-state index in [-0.39, 0.29) is 95.4 Å². The molecule has 1 fully saturated rings. The van der Waals surface area contributed by atoms with Crippen molar-refractivity contribution in [2.45, 2.75) is 111 Å². The molecule has 28 heteroatoms. The zero-order chi connectivity index (χ0) is 69.1. The van der Waals surface area contributed by atoms with Gasteiger partial charge in [-0.05, 0) is 168 Å². The number of sulfonamides is 1. The summed E-state index contributed by atoms with van der Waals surface area (Å²) in [6.07, 6.45) is 1.85. The van der Waals surface area contributed by atoms with Crippen LogP contribution in [0.25, 0.3) is 43.9 Å². The molecule has 1 aliphatic carbocycles. The Kier molecular flexibility index (Phi) is 20.2. The van der Waals surface area contributed by atoms with Crippen LogP contribution in [0.3, 0.4) is 0 Å². The van der Waals surface area contributed by atoms with Crippen molar-refractivity contribution in [2.24, 2.45) is 11.0 Å². The Morgan fingerprint density at radius 1 is 0.784 bits per heavy atom. The number of halogens is 2. The number of unbranched alkanes of at least 4 members (excludes halogenated alkanes) is 1. The summed E-state index contributed by atoms with van der Waals surface area (Å²) < 4.78 is 150. The molecule has 4 aliphatic heterocycles. The van der Waals surface area contributed by atoms with Gasteiger partial charge in [0.1, 0.15) is 29.3 Å². The molecule has 0 saturated carbocycles. The first-order valence-electron chi connectivity index (χ1n) is 31.4. The predicted octanol–water partition coefficient (Wildman–Crippen LogP) is 11.7. The highest BCUT2D eigenvalue weighted by Crippen LogP contribution is 2.46. The Morgan fingerprint density at radius 2 is 1.51 bits per heavy atom. The number of benzene rings is 7. The van der Waals surface area contributed by atoms with Crippen molar-refractivity contribution in [3.63, 3.8) is 0 Å². The highest BCUT2D eigenvalue weighted by molar-refractivity contribution is 7.89. The first-order chi connectivity index (χ1) is 46.1. The highest BCUT2D eigenvalue weighted by atomic mass is 32.2. The van der Waals surface area contributed by atoms with Gasteiger partial charge in [0.2, 0.25) is 21.1 Å². The van der Waals surface area contributed by atoms with Gasteiger partial charge in [-0.3, -0.25) is 23.5 Å². The summed E-state index contributed by atoms with van der Waals surface area (Å²) in [7, 11) is -13.2. The summed E-state index contributed by atoms with van der Waals surface area (Å²) in [5.74, 6) is -4.66. The minimum absolute atomic E-state index is 0.00843. The molecule has 2 amide bonds. The van der Waals surface area contributed by atoms with Crippen LogP contribution >= 0.6 is 0 Å². The Hall–Kier alpha value is -9.41. The number of alkyl carbamates (subject to hydrolysis) is 1. The topological polar surface area (TPSA) is 325 Å². The van der Waals surface area contributed by atoms with Crippen molar-refractivity contribution >= 4 is 87.5 Å². The summed E-state index contributed by atoms with van der Waals surface area (Å²) in [5.41, 5.74) is 14.0. The van der Waals surface area contributed by atoms with E-state index in [1.165, 1.54) is 58.9 Å². The van der Waals surface area contributed by atoms with Crippen LogP contribution < -0.4 is 30.2 Å². The van der Waals surface area contributed by atoms with E-state index in [4.69, 9.17) is 19.4 Å². The number of azide groups is 1. The SMILES string of the molecule is CC(C)(C)OC(=O)NCCCC[C@H](NC(=O)c1cccc(N=[N+]=[N-])c1)C(=O)COc1c(F)cc(CCCC(=O)C2CCN(S(=O)(=O)c3ccccc3-c3c4ccc(=[N+]5CCc6cc(S(=O)(=O)O)ccc65)cc-4oc4cc(N5CCc6cc(S(=O)(=O)O)ccc65)ccc34)CC2)cc1F. The van der Waals surface area contributed by atoms with Crippen LogP contribution in [0.15, 0.2) is 158 Å². The Bertz CT molecular complexity index is 4890. The molecule has 0 aromatic heterocycles. The minimum Gasteiger partial charge on any atom is -0.480 e. The monoisotopic (exact) mass is 1380 g/mol. The molecular weight excluding hydrogens is 1310 g/mol. The number of ketones is 2. The Morgan fingerprint density at radius 3 is 2.23 bits per heavy atom. The number of fused-ring (bicyclic) bond motifs is 4. The van der Waals surface area contributed by atoms with Crippen molar-refractivity contribution in [1.29, 1.82) is 0 Å². The third-order valence-corrected chi connectivity index (χ3v) is 21.0. The molecule has 0 spiro atoms. The predicted molar refractivity (Wildman–Crippen MR) is 356 cm³/mol. The third-order valence-electron chi connectivity index (χ3n) is 17.3. The number of anilines is 2. The van der Waals surface area contributed by atoms with Crippen molar-refractivity contribution in [1.82, 2.24) is 19.5 Å². The van der Waals surface area contributed by atoms with E-state index in [0.717, 1.165) is 23.5 Å². The molecule has 4 heterocycles. The number of carbonyl (C=O) groups excluding carboxylic acids is 4. The normalized spacial score (nSPS) is 15.4. The number of amides is 2. The standard InChI is InChI=1S/C69H68F2N8O15S3/c1-69(2,3)94-68(83)73-29-7-6-14-57(74-67(82)46-11-9-12-47(36-46)75-76-72)61(81)41-92-66-55(70)34-42(35-56(66)71)10-8-15-60(80)43-25-30-77(31-26-43)95(84,85)64-16-5-4-13-54(64)65-52-21-17-48(78-32-27-44-37-50(96(86,87)88)19-23-58(44)78)39-62(52)93-63-40-49(18-22-53(63)65)79-33-28-45-38-51(97(89,90)91)20-24-59(45)79/h4-5,9,11-13,16-24,34-40,43,57H,6-8,10,14-15,25-33,41H2,1-3H3,(H3-,73,74,82,83,86,87,88,89,90,91)/p+1/t57-/m0/s1. The van der Waals surface area contributed by atoms with Gasteiger partial charge in [-0.2, -0.15) is 25.7 Å². The van der Waals surface area contributed by atoms with E-state index in [1.54, 1.807) is 51.1 Å². The number of carbonyl (C=O) groups is 4. The van der Waals surface area contributed by atoms with E-state index in [2.05, 4.69) is 20.7 Å². The van der Waals surface area contributed by atoms with Crippen molar-refractivity contribution in [3.05, 3.63) is 183 Å². The third kappa shape index (κ3) is 15.7. The molecular formula is C69H69F2N8O15S3+. The second-order valence-electron chi connectivity index (χ2n) is 25.0. The molecule has 1 saturated heterocycles. The average molecular weight is 1380 g/mol. The summed E-state index contributed by atoms with van der Waals surface area (Å²) >= 11 is 0. The molecule has 4 N–H and O–H groups in total. The summed E-state index contributed by atoms with van der Waals surface area (Å²) in [6.45, 7) is 5.49. The molecule has 11 rings (SSSR count). The van der Waals surface area contributed by atoms with Gasteiger partial charge in [-0.1, -0.05) is 35.4 Å². The molecule has 23 nitrogen and oxygen atoms in total. The zero-order valence-electron chi connectivity index (χ0n) is 53.0. The fourth-order valence-corrected chi connectivity index (χ4v) is 15.4. The fourth-order valence-electron chi connectivity index (χ4n) is 12.7. The van der Waals surface area contributed by atoms with Gasteiger partial charge in [0.25, 0.3) is 26.1 Å². The van der Waals surface area contributed by atoms with Gasteiger partial charge in [-0.15, -0.1) is 0 Å². The van der Waals surface area contributed by atoms with Gasteiger partial charge in [0.15, 0.2) is 29.7 Å². The van der Waals surface area contributed by atoms with Crippen LogP contribution in [0.1, 0.15) is 92.8 Å². The van der Waals surface area contributed by atoms with E-state index >= 15 is 17.2 Å². The zero-order valence-corrected chi connectivity index (χ0v) is 55.5. The second kappa shape index (κ2) is 28.3. The Balaban J connectivity index is 0.765. The summed E-state index contributed by atoms with van der Waals surface area (Å²) in [5, 5.41) is 10.0. The number of aryl methyl sites for hydroxylation is 1. The number of ether oxygens (including phenoxy) is 2. The van der Waals surface area contributed by atoms with Crippen LogP contribution in [0.4, 0.5) is 36.3 Å². The first-order valence-corrected chi connectivity index (χ1v) is 35.7. The molecule has 0 bridgehead atoms. The molecule has 0 radical (unpaired) electrons. The maximum Gasteiger partial charge on any atom is 0.407 e. The fraction of sp³-hybridized carbons (Fsp3) is 0.319. The quantitative estimate of drug-likeness (QED) is 0.00879. The largest absolute Gasteiger partial charge is 0.480 e. The molecule has 97 heavy (non-hydrogen) atoms. The number of piperidine rings is 1. The maximum atomic E-state index is 15.6. The number of nitrogens with zero attached hydrogens (tertiary/aromatic N) is 6. The van der Waals surface area contributed by atoms with Crippen LogP contribution in [0, 0.1) is 17.6 Å². The number of Topliss-reactive ketones (excluding diaryl/α,β-unsaturated/α-hetero) is 2. The lowest BCUT2D eigenvalue weighted by Gasteiger charge is -2.31. The van der Waals surface area contributed by atoms with Gasteiger partial charge in [0.05, 0.1) is 26.8 Å². The van der Waals surface area contributed by atoms with Crippen molar-refractivity contribution in [3.8, 4) is 28.2 Å². The van der Waals surface area contributed by atoms with Crippen LogP contribution in [0.5, 0.6) is 5.75 Å². The number of nitrogens with one attached hydrogen (secondary N) is 2. The Labute approximate surface area is 558 Å². The van der Waals surface area contributed by atoms with E-state index in [0.29, 0.717) is 94.4 Å². The number of hydrogen-bond acceptors (Lipinski definition) is 15. The molecule has 6 aromatic rings. The van der Waals surface area contributed by atoms with E-state index in [1.807, 2.05) is 45.9 Å². The number of hydrogen-bond donors (Lipinski definition) is 4. The molecule has 6 aromatic carbocycles. The lowest BCUT2D eigenvalue weighted by molar-refractivity contribution is -0.124. The average Bonchev–Trinajstić information content (AvgIpc) is 1.59. The highest BCUT2D eigenvalue weighted by Gasteiger charge is 2.36. The van der Waals surface area contributed by atoms with Crippen molar-refractivity contribution in [2.75, 3.05) is 44.2 Å². The molecule has 506 valence electrons. The van der Waals surface area contributed by atoms with E-state index < -0.39 is 89.6 Å². The van der Waals surface area contributed by atoms with Crippen LogP contribution in [0.2, 0.25) is 0 Å².